The lowest BCUT2D eigenvalue weighted by molar-refractivity contribution is -0.126. The SMILES string of the molecule is CC1=CC(=O)C2=C(CC3C(=CCC4C(=O)NC(=O)C43)C2c2c(O)ccc3ccccc23)C1=O. The fourth-order valence-electron chi connectivity index (χ4n) is 6.21. The van der Waals surface area contributed by atoms with E-state index in [0.29, 0.717) is 28.7 Å². The Morgan fingerprint density at radius 1 is 0.970 bits per heavy atom. The van der Waals surface area contributed by atoms with Crippen LogP contribution in [-0.4, -0.2) is 28.5 Å². The molecule has 6 nitrogen and oxygen atoms in total. The molecule has 1 fully saturated rings. The number of benzene rings is 2. The highest BCUT2D eigenvalue weighted by molar-refractivity contribution is 6.24. The number of hydrogen-bond donors (Lipinski definition) is 2. The first-order chi connectivity index (χ1) is 15.9. The van der Waals surface area contributed by atoms with E-state index in [0.717, 1.165) is 16.3 Å². The van der Waals surface area contributed by atoms with Crippen molar-refractivity contribution in [2.45, 2.75) is 25.7 Å². The molecule has 6 rings (SSSR count). The number of allylic oxidation sites excluding steroid dienone is 6. The van der Waals surface area contributed by atoms with Crippen molar-refractivity contribution in [2.75, 3.05) is 0 Å². The fraction of sp³-hybridized carbons (Fsp3) is 0.259. The fourth-order valence-corrected chi connectivity index (χ4v) is 6.21. The minimum Gasteiger partial charge on any atom is -0.508 e. The molecule has 0 spiro atoms. The summed E-state index contributed by atoms with van der Waals surface area (Å²) >= 11 is 0. The van der Waals surface area contributed by atoms with Gasteiger partial charge in [-0.05, 0) is 48.6 Å². The summed E-state index contributed by atoms with van der Waals surface area (Å²) in [6.45, 7) is 1.62. The number of rotatable bonds is 1. The first-order valence-corrected chi connectivity index (χ1v) is 11.1. The standard InChI is InChI=1S/C27H21NO5/c1-12-10-20(30)23-18(25(12)31)11-17-15(7-8-16-21(17)27(33)28-26(16)32)24(23)22-14-5-3-2-4-13(14)6-9-19(22)29/h2-7,9-10,16-17,21,24,29H,8,11H2,1H3,(H,28,32,33). The van der Waals surface area contributed by atoms with E-state index in [4.69, 9.17) is 0 Å². The summed E-state index contributed by atoms with van der Waals surface area (Å²) in [4.78, 5) is 51.7. The zero-order valence-electron chi connectivity index (χ0n) is 17.9. The van der Waals surface area contributed by atoms with Crippen molar-refractivity contribution in [3.8, 4) is 5.75 Å². The summed E-state index contributed by atoms with van der Waals surface area (Å²) < 4.78 is 0. The lowest BCUT2D eigenvalue weighted by Crippen LogP contribution is -2.39. The summed E-state index contributed by atoms with van der Waals surface area (Å²) in [5, 5.41) is 15.2. The van der Waals surface area contributed by atoms with Crippen LogP contribution in [0.4, 0.5) is 0 Å². The zero-order chi connectivity index (χ0) is 23.0. The summed E-state index contributed by atoms with van der Waals surface area (Å²) in [5.74, 6) is -3.13. The van der Waals surface area contributed by atoms with Gasteiger partial charge in [-0.2, -0.15) is 0 Å². The van der Waals surface area contributed by atoms with Crippen LogP contribution in [0.25, 0.3) is 10.8 Å². The van der Waals surface area contributed by atoms with Crippen molar-refractivity contribution in [3.05, 3.63) is 76.4 Å². The van der Waals surface area contributed by atoms with Crippen LogP contribution in [0.3, 0.4) is 0 Å². The van der Waals surface area contributed by atoms with E-state index >= 15 is 0 Å². The third kappa shape index (κ3) is 2.67. The smallest absolute Gasteiger partial charge is 0.231 e. The monoisotopic (exact) mass is 439 g/mol. The predicted molar refractivity (Wildman–Crippen MR) is 120 cm³/mol. The maximum absolute atomic E-state index is 13.3. The summed E-state index contributed by atoms with van der Waals surface area (Å²) in [5.41, 5.74) is 2.54. The molecule has 2 amide bonds. The Balaban J connectivity index is 1.65. The Morgan fingerprint density at radius 3 is 2.58 bits per heavy atom. The van der Waals surface area contributed by atoms with E-state index in [1.807, 2.05) is 36.4 Å². The largest absolute Gasteiger partial charge is 0.508 e. The van der Waals surface area contributed by atoms with Gasteiger partial charge in [0.05, 0.1) is 11.8 Å². The maximum Gasteiger partial charge on any atom is 0.231 e. The van der Waals surface area contributed by atoms with Gasteiger partial charge in [0.15, 0.2) is 11.6 Å². The predicted octanol–water partition coefficient (Wildman–Crippen LogP) is 3.26. The Kier molecular flexibility index (Phi) is 4.12. The number of imide groups is 1. The van der Waals surface area contributed by atoms with Crippen molar-refractivity contribution in [2.24, 2.45) is 17.8 Å². The van der Waals surface area contributed by atoms with E-state index in [1.54, 1.807) is 13.0 Å². The average molecular weight is 439 g/mol. The second kappa shape index (κ2) is 6.85. The summed E-state index contributed by atoms with van der Waals surface area (Å²) in [6, 6.07) is 11.0. The molecule has 3 aliphatic carbocycles. The van der Waals surface area contributed by atoms with Gasteiger partial charge < -0.3 is 5.11 Å². The van der Waals surface area contributed by atoms with Crippen LogP contribution >= 0.6 is 0 Å². The lowest BCUT2D eigenvalue weighted by Gasteiger charge is -2.42. The van der Waals surface area contributed by atoms with Crippen molar-refractivity contribution >= 4 is 34.2 Å². The molecule has 164 valence electrons. The Bertz CT molecular complexity index is 1410. The lowest BCUT2D eigenvalue weighted by atomic mass is 9.59. The van der Waals surface area contributed by atoms with Crippen molar-refractivity contribution in [1.82, 2.24) is 5.32 Å². The minimum absolute atomic E-state index is 0.0349. The first kappa shape index (κ1) is 19.9. The van der Waals surface area contributed by atoms with Crippen LogP contribution in [0.2, 0.25) is 0 Å². The number of carbonyl (C=O) groups excluding carboxylic acids is 4. The topological polar surface area (TPSA) is 101 Å². The van der Waals surface area contributed by atoms with Crippen LogP contribution < -0.4 is 5.32 Å². The number of phenols is 1. The van der Waals surface area contributed by atoms with Gasteiger partial charge in [0.25, 0.3) is 0 Å². The number of hydrogen-bond acceptors (Lipinski definition) is 5. The van der Waals surface area contributed by atoms with Crippen molar-refractivity contribution in [3.63, 3.8) is 0 Å². The van der Waals surface area contributed by atoms with Crippen LogP contribution in [0.15, 0.2) is 70.8 Å². The number of amides is 2. The van der Waals surface area contributed by atoms with Gasteiger partial charge in [-0.1, -0.05) is 42.0 Å². The van der Waals surface area contributed by atoms with Crippen LogP contribution in [0.5, 0.6) is 5.75 Å². The molecule has 2 N–H and O–H groups in total. The second-order valence-electron chi connectivity index (χ2n) is 9.30. The number of Topliss-reactive ketones (excluding diaryl/α,β-unsaturated/α-hetero) is 1. The van der Waals surface area contributed by atoms with Gasteiger partial charge in [0, 0.05) is 28.2 Å². The highest BCUT2D eigenvalue weighted by atomic mass is 16.3. The molecular formula is C27H21NO5. The molecule has 2 aromatic carbocycles. The normalized spacial score (nSPS) is 28.8. The van der Waals surface area contributed by atoms with Crippen molar-refractivity contribution < 1.29 is 24.3 Å². The van der Waals surface area contributed by atoms with E-state index in [2.05, 4.69) is 5.32 Å². The molecule has 2 aromatic rings. The number of nitrogens with one attached hydrogen (secondary N) is 1. The van der Waals surface area contributed by atoms with Gasteiger partial charge in [0.1, 0.15) is 5.75 Å². The molecule has 0 saturated carbocycles. The van der Waals surface area contributed by atoms with E-state index in [-0.39, 0.29) is 41.5 Å². The molecule has 6 heteroatoms. The van der Waals surface area contributed by atoms with Crippen LogP contribution in [0, 0.1) is 17.8 Å². The highest BCUT2D eigenvalue weighted by Gasteiger charge is 2.53. The molecule has 1 aliphatic heterocycles. The van der Waals surface area contributed by atoms with Gasteiger partial charge >= 0.3 is 0 Å². The Hall–Kier alpha value is -3.80. The number of fused-ring (bicyclic) bond motifs is 4. The minimum atomic E-state index is -0.657. The number of aromatic hydroxyl groups is 1. The quantitative estimate of drug-likeness (QED) is 0.404. The second-order valence-corrected chi connectivity index (χ2v) is 9.30. The molecule has 4 unspecified atom stereocenters. The third-order valence-corrected chi connectivity index (χ3v) is 7.64. The molecule has 33 heavy (non-hydrogen) atoms. The highest BCUT2D eigenvalue weighted by Crippen LogP contribution is 2.56. The summed E-state index contributed by atoms with van der Waals surface area (Å²) in [7, 11) is 0. The number of phenolic OH excluding ortho intramolecular Hbond substituents is 1. The molecule has 1 saturated heterocycles. The van der Waals surface area contributed by atoms with Gasteiger partial charge in [-0.15, -0.1) is 0 Å². The number of carbonyl (C=O) groups is 4. The van der Waals surface area contributed by atoms with Gasteiger partial charge in [-0.3, -0.25) is 24.5 Å². The summed E-state index contributed by atoms with van der Waals surface area (Å²) in [6.07, 6.45) is 3.94. The van der Waals surface area contributed by atoms with Crippen LogP contribution in [-0.2, 0) is 19.2 Å². The molecule has 0 aromatic heterocycles. The maximum atomic E-state index is 13.3. The van der Waals surface area contributed by atoms with Gasteiger partial charge in [0.2, 0.25) is 11.8 Å². The number of ketones is 2. The molecule has 4 atom stereocenters. The first-order valence-electron chi connectivity index (χ1n) is 11.1. The molecular weight excluding hydrogens is 418 g/mol. The molecule has 4 aliphatic rings. The van der Waals surface area contributed by atoms with Crippen LogP contribution in [0.1, 0.15) is 31.2 Å². The van der Waals surface area contributed by atoms with E-state index < -0.39 is 17.8 Å². The Labute approximate surface area is 189 Å². The van der Waals surface area contributed by atoms with E-state index in [9.17, 15) is 24.3 Å². The Morgan fingerprint density at radius 2 is 1.76 bits per heavy atom. The molecule has 0 bridgehead atoms. The molecule has 1 heterocycles. The van der Waals surface area contributed by atoms with Gasteiger partial charge in [-0.25, -0.2) is 0 Å². The zero-order valence-corrected chi connectivity index (χ0v) is 17.9. The third-order valence-electron chi connectivity index (χ3n) is 7.64. The van der Waals surface area contributed by atoms with E-state index in [1.165, 1.54) is 6.08 Å². The van der Waals surface area contributed by atoms with Crippen molar-refractivity contribution in [1.29, 1.82) is 0 Å². The average Bonchev–Trinajstić information content (AvgIpc) is 3.10. The molecule has 0 radical (unpaired) electrons.